The number of aliphatic hydroxyl groups is 3. The molecule has 0 aromatic carbocycles. The zero-order valence-electron chi connectivity index (χ0n) is 24.7. The molecular formula is C33H50O6. The number of esters is 1. The van der Waals surface area contributed by atoms with Crippen LogP contribution in [0.1, 0.15) is 92.4 Å². The second-order valence-electron chi connectivity index (χ2n) is 12.6. The van der Waals surface area contributed by atoms with Crippen molar-refractivity contribution >= 4 is 5.97 Å². The van der Waals surface area contributed by atoms with Crippen molar-refractivity contribution in [2.75, 3.05) is 13.2 Å². The summed E-state index contributed by atoms with van der Waals surface area (Å²) in [5.74, 6) is 7.45. The molecule has 0 radical (unpaired) electrons. The van der Waals surface area contributed by atoms with Gasteiger partial charge in [-0.2, -0.15) is 0 Å². The van der Waals surface area contributed by atoms with Crippen LogP contribution in [-0.4, -0.2) is 58.4 Å². The molecule has 0 heterocycles. The van der Waals surface area contributed by atoms with Crippen LogP contribution < -0.4 is 0 Å². The average Bonchev–Trinajstić information content (AvgIpc) is 3.22. The van der Waals surface area contributed by atoms with E-state index in [4.69, 9.17) is 9.47 Å². The first-order valence-electron chi connectivity index (χ1n) is 14.8. The third-order valence-corrected chi connectivity index (χ3v) is 9.01. The molecule has 6 heteroatoms. The highest BCUT2D eigenvalue weighted by Gasteiger charge is 2.50. The van der Waals surface area contributed by atoms with Crippen LogP contribution in [0.3, 0.4) is 0 Å². The molecule has 0 amide bonds. The summed E-state index contributed by atoms with van der Waals surface area (Å²) >= 11 is 0. The number of allylic oxidation sites excluding steroid dienone is 3. The number of carbonyl (C=O) groups is 1. The van der Waals surface area contributed by atoms with Crippen molar-refractivity contribution in [3.05, 3.63) is 35.5 Å². The molecule has 1 unspecified atom stereocenters. The summed E-state index contributed by atoms with van der Waals surface area (Å²) in [5, 5.41) is 31.5. The van der Waals surface area contributed by atoms with E-state index >= 15 is 0 Å². The molecule has 3 fully saturated rings. The molecule has 0 aromatic heterocycles. The molecule has 0 spiro atoms. The zero-order chi connectivity index (χ0) is 28.8. The molecule has 0 bridgehead atoms. The predicted molar refractivity (Wildman–Crippen MR) is 154 cm³/mol. The van der Waals surface area contributed by atoms with Gasteiger partial charge in [-0.25, -0.2) is 0 Å². The molecule has 3 rings (SSSR count). The summed E-state index contributed by atoms with van der Waals surface area (Å²) in [6, 6.07) is 0. The fourth-order valence-corrected chi connectivity index (χ4v) is 7.01. The number of fused-ring (bicyclic) bond motifs is 1. The van der Waals surface area contributed by atoms with Crippen molar-refractivity contribution in [3.8, 4) is 11.8 Å². The Morgan fingerprint density at radius 3 is 2.69 bits per heavy atom. The molecule has 3 saturated carbocycles. The van der Waals surface area contributed by atoms with Crippen molar-refractivity contribution < 1.29 is 29.6 Å². The largest absolute Gasteiger partial charge is 0.466 e. The average molecular weight is 543 g/mol. The molecule has 7 atom stereocenters. The Morgan fingerprint density at radius 2 is 2.00 bits per heavy atom. The maximum atomic E-state index is 11.7. The summed E-state index contributed by atoms with van der Waals surface area (Å²) in [7, 11) is 0. The number of hydrogen-bond donors (Lipinski definition) is 3. The highest BCUT2D eigenvalue weighted by Crippen LogP contribution is 2.59. The van der Waals surface area contributed by atoms with Crippen molar-refractivity contribution in [3.63, 3.8) is 0 Å². The standard InChI is InChI=1S/C33H50O6/c1-7-19-38-29(35)16-20-39-31-28(34)21-25(23(3)30(31)36)13-12-24-11-9-18-33(6)26(14-15-27(24)33)22(2)10-8-17-32(4,5)37/h12-13,22,26-28,30-31,34,36-37H,3,7,9-11,14-16,18-21H2,1-2,4-6H3/b24-12+,25-13-/t22-,26-,27?,28-,30-,31+,33-/m1/s1. The highest BCUT2D eigenvalue weighted by atomic mass is 16.5. The van der Waals surface area contributed by atoms with E-state index in [-0.39, 0.29) is 24.4 Å². The molecule has 0 aromatic rings. The third-order valence-electron chi connectivity index (χ3n) is 9.01. The van der Waals surface area contributed by atoms with Crippen molar-refractivity contribution in [2.24, 2.45) is 23.2 Å². The molecule has 6 nitrogen and oxygen atoms in total. The van der Waals surface area contributed by atoms with Gasteiger partial charge >= 0.3 is 5.97 Å². The summed E-state index contributed by atoms with van der Waals surface area (Å²) in [6.07, 6.45) is 9.36. The van der Waals surface area contributed by atoms with E-state index in [9.17, 15) is 20.1 Å². The van der Waals surface area contributed by atoms with Gasteiger partial charge in [0.15, 0.2) is 0 Å². The zero-order valence-corrected chi connectivity index (χ0v) is 24.7. The second-order valence-corrected chi connectivity index (χ2v) is 12.6. The predicted octanol–water partition coefficient (Wildman–Crippen LogP) is 5.27. The summed E-state index contributed by atoms with van der Waals surface area (Å²) in [5.41, 5.74) is 2.15. The fraction of sp³-hybridized carbons (Fsp3) is 0.727. The smallest absolute Gasteiger partial charge is 0.308 e. The van der Waals surface area contributed by atoms with E-state index in [1.54, 1.807) is 13.8 Å². The van der Waals surface area contributed by atoms with Gasteiger partial charge in [-0.15, -0.1) is 5.92 Å². The van der Waals surface area contributed by atoms with Gasteiger partial charge in [0.2, 0.25) is 0 Å². The maximum Gasteiger partial charge on any atom is 0.308 e. The minimum atomic E-state index is -1.02. The number of hydrogen-bond acceptors (Lipinski definition) is 6. The van der Waals surface area contributed by atoms with Crippen molar-refractivity contribution in [1.29, 1.82) is 0 Å². The molecule has 0 aliphatic heterocycles. The normalized spacial score (nSPS) is 33.9. The minimum Gasteiger partial charge on any atom is -0.466 e. The van der Waals surface area contributed by atoms with Crippen molar-refractivity contribution in [1.82, 2.24) is 0 Å². The number of rotatable bonds is 9. The van der Waals surface area contributed by atoms with Crippen LogP contribution in [0.4, 0.5) is 0 Å². The third kappa shape index (κ3) is 8.07. The van der Waals surface area contributed by atoms with Gasteiger partial charge < -0.3 is 24.8 Å². The van der Waals surface area contributed by atoms with Gasteiger partial charge in [0.05, 0.1) is 25.7 Å². The lowest BCUT2D eigenvalue weighted by molar-refractivity contribution is -0.148. The van der Waals surface area contributed by atoms with Gasteiger partial charge in [-0.3, -0.25) is 4.79 Å². The molecular weight excluding hydrogens is 492 g/mol. The van der Waals surface area contributed by atoms with E-state index in [0.29, 0.717) is 36.4 Å². The highest BCUT2D eigenvalue weighted by molar-refractivity contribution is 5.69. The molecule has 218 valence electrons. The van der Waals surface area contributed by atoms with Crippen LogP contribution >= 0.6 is 0 Å². The van der Waals surface area contributed by atoms with Gasteiger partial charge in [0.25, 0.3) is 0 Å². The minimum absolute atomic E-state index is 0.0842. The first-order chi connectivity index (χ1) is 18.4. The summed E-state index contributed by atoms with van der Waals surface area (Å²) < 4.78 is 10.7. The van der Waals surface area contributed by atoms with Gasteiger partial charge in [0, 0.05) is 12.8 Å². The first kappa shape index (κ1) is 31.6. The number of carbonyl (C=O) groups excluding carboxylic acids is 1. The van der Waals surface area contributed by atoms with Gasteiger partial charge in [-0.1, -0.05) is 51.0 Å². The van der Waals surface area contributed by atoms with Crippen molar-refractivity contribution in [2.45, 2.75) is 116 Å². The topological polar surface area (TPSA) is 96.2 Å². The second kappa shape index (κ2) is 13.6. The quantitative estimate of drug-likeness (QED) is 0.272. The van der Waals surface area contributed by atoms with Gasteiger partial charge in [0.1, 0.15) is 17.8 Å². The number of aliphatic hydroxyl groups excluding tert-OH is 2. The van der Waals surface area contributed by atoms with E-state index in [1.165, 1.54) is 24.8 Å². The monoisotopic (exact) mass is 542 g/mol. The van der Waals surface area contributed by atoms with E-state index in [0.717, 1.165) is 31.3 Å². The molecule has 3 aliphatic carbocycles. The van der Waals surface area contributed by atoms with Gasteiger partial charge in [-0.05, 0) is 86.7 Å². The van der Waals surface area contributed by atoms with E-state index in [2.05, 4.69) is 38.3 Å². The van der Waals surface area contributed by atoms with Crippen LogP contribution in [-0.2, 0) is 14.3 Å². The Hall–Kier alpha value is -1.91. The van der Waals surface area contributed by atoms with Crippen LogP contribution in [0.25, 0.3) is 0 Å². The maximum absolute atomic E-state index is 11.7. The SMILES string of the molecule is C=C1/C(=C\C=C2/CCC[C@@]3(C)C2CC[C@@H]3[C@H](C)CC#CC(C)(C)O)C[C@@H](O)[C@H](OCCC(=O)OCCC)[C@@H]1O. The lowest BCUT2D eigenvalue weighted by Crippen LogP contribution is -2.45. The Balaban J connectivity index is 1.64. The molecule has 0 saturated heterocycles. The van der Waals surface area contributed by atoms with Crippen LogP contribution in [0, 0.1) is 35.0 Å². The Morgan fingerprint density at radius 1 is 1.26 bits per heavy atom. The number of ether oxygens (including phenoxy) is 2. The van der Waals surface area contributed by atoms with E-state index < -0.39 is 23.9 Å². The van der Waals surface area contributed by atoms with Crippen LogP contribution in [0.2, 0.25) is 0 Å². The summed E-state index contributed by atoms with van der Waals surface area (Å²) in [6.45, 7) is 14.7. The Kier molecular flexibility index (Phi) is 11.1. The molecule has 3 N–H and O–H groups in total. The lowest BCUT2D eigenvalue weighted by Gasteiger charge is -2.44. The van der Waals surface area contributed by atoms with E-state index in [1.807, 2.05) is 13.0 Å². The fourth-order valence-electron chi connectivity index (χ4n) is 7.01. The summed E-state index contributed by atoms with van der Waals surface area (Å²) in [4.78, 5) is 11.7. The van der Waals surface area contributed by atoms with Crippen LogP contribution in [0.15, 0.2) is 35.5 Å². The molecule has 39 heavy (non-hydrogen) atoms. The van der Waals surface area contributed by atoms with Crippen LogP contribution in [0.5, 0.6) is 0 Å². The Labute approximate surface area is 235 Å². The Bertz CT molecular complexity index is 992. The lowest BCUT2D eigenvalue weighted by atomic mass is 9.61. The molecule has 3 aliphatic rings. The first-order valence-corrected chi connectivity index (χ1v) is 14.8.